The van der Waals surface area contributed by atoms with Crippen LogP contribution in [0.2, 0.25) is 0 Å². The molecule has 2 N–H and O–H groups in total. The molecule has 0 spiro atoms. The van der Waals surface area contributed by atoms with Crippen molar-refractivity contribution in [2.45, 2.75) is 38.5 Å². The summed E-state index contributed by atoms with van der Waals surface area (Å²) in [7, 11) is 3.57. The van der Waals surface area contributed by atoms with Gasteiger partial charge in [-0.05, 0) is 49.9 Å². The Hall–Kier alpha value is -0.0400. The molecule has 2 saturated carbocycles. The van der Waals surface area contributed by atoms with E-state index >= 15 is 0 Å². The number of aliphatic imine (C=N–C) groups is 1. The Morgan fingerprint density at radius 1 is 1.20 bits per heavy atom. The molecule has 0 aromatic carbocycles. The van der Waals surface area contributed by atoms with Crippen LogP contribution in [0.5, 0.6) is 0 Å². The standard InChI is InChI=1S/C15H29N3O.HI/c1-16-15(17-7-3-9-19-2)18-8-6-14-11-12-4-5-13(14)10-12;/h12-14H,3-11H2,1-2H3,(H2,16,17,18);1H. The van der Waals surface area contributed by atoms with Crippen LogP contribution in [-0.2, 0) is 4.74 Å². The summed E-state index contributed by atoms with van der Waals surface area (Å²) in [6, 6.07) is 0. The number of hydrogen-bond donors (Lipinski definition) is 2. The number of hydrogen-bond acceptors (Lipinski definition) is 2. The minimum absolute atomic E-state index is 0. The molecule has 2 aliphatic carbocycles. The van der Waals surface area contributed by atoms with E-state index in [0.29, 0.717) is 0 Å². The molecule has 0 radical (unpaired) electrons. The highest BCUT2D eigenvalue weighted by atomic mass is 127. The minimum atomic E-state index is 0. The van der Waals surface area contributed by atoms with E-state index in [9.17, 15) is 0 Å². The fourth-order valence-corrected chi connectivity index (χ4v) is 3.75. The lowest BCUT2D eigenvalue weighted by molar-refractivity contribution is 0.195. The molecule has 20 heavy (non-hydrogen) atoms. The second-order valence-corrected chi connectivity index (χ2v) is 6.00. The lowest BCUT2D eigenvalue weighted by Gasteiger charge is -2.22. The van der Waals surface area contributed by atoms with Crippen molar-refractivity contribution >= 4 is 29.9 Å². The normalized spacial score (nSPS) is 28.3. The van der Waals surface area contributed by atoms with E-state index in [1.54, 1.807) is 7.11 Å². The second-order valence-electron chi connectivity index (χ2n) is 6.00. The molecule has 5 heteroatoms. The average molecular weight is 395 g/mol. The molecule has 3 atom stereocenters. The molecule has 0 aromatic rings. The molecule has 2 aliphatic rings. The molecule has 0 aliphatic heterocycles. The number of rotatable bonds is 7. The maximum atomic E-state index is 5.03. The summed E-state index contributed by atoms with van der Waals surface area (Å²) in [4.78, 5) is 4.25. The SMILES string of the molecule is CN=C(NCCCOC)NCCC1CC2CCC1C2.I. The van der Waals surface area contributed by atoms with E-state index in [0.717, 1.165) is 49.8 Å². The fraction of sp³-hybridized carbons (Fsp3) is 0.933. The molecule has 0 heterocycles. The van der Waals surface area contributed by atoms with Gasteiger partial charge >= 0.3 is 0 Å². The summed E-state index contributed by atoms with van der Waals surface area (Å²) in [5.41, 5.74) is 0. The van der Waals surface area contributed by atoms with Crippen molar-refractivity contribution in [1.29, 1.82) is 0 Å². The lowest BCUT2D eigenvalue weighted by atomic mass is 9.86. The molecule has 0 aromatic heterocycles. The van der Waals surface area contributed by atoms with Crippen LogP contribution in [0.15, 0.2) is 4.99 Å². The van der Waals surface area contributed by atoms with Crippen molar-refractivity contribution in [2.24, 2.45) is 22.7 Å². The third kappa shape index (κ3) is 5.39. The number of halogens is 1. The smallest absolute Gasteiger partial charge is 0.190 e. The number of ether oxygens (including phenoxy) is 1. The summed E-state index contributed by atoms with van der Waals surface area (Å²) >= 11 is 0. The number of nitrogens with one attached hydrogen (secondary N) is 2. The number of fused-ring (bicyclic) bond motifs is 2. The van der Waals surface area contributed by atoms with Crippen LogP contribution >= 0.6 is 24.0 Å². The molecule has 3 unspecified atom stereocenters. The number of methoxy groups -OCH3 is 1. The Labute approximate surface area is 140 Å². The largest absolute Gasteiger partial charge is 0.385 e. The van der Waals surface area contributed by atoms with Crippen LogP contribution in [0.1, 0.15) is 38.5 Å². The Bertz CT molecular complexity index is 299. The Kier molecular flexibility index (Phi) is 8.84. The van der Waals surface area contributed by atoms with Crippen LogP contribution in [0.3, 0.4) is 0 Å². The van der Waals surface area contributed by atoms with Gasteiger partial charge < -0.3 is 15.4 Å². The van der Waals surface area contributed by atoms with Gasteiger partial charge in [0.15, 0.2) is 5.96 Å². The first-order valence-corrected chi connectivity index (χ1v) is 7.77. The van der Waals surface area contributed by atoms with Crippen LogP contribution in [0.4, 0.5) is 0 Å². The molecular formula is C15H30IN3O. The summed E-state index contributed by atoms with van der Waals surface area (Å²) in [5, 5.41) is 6.75. The summed E-state index contributed by atoms with van der Waals surface area (Å²) in [6.45, 7) is 2.77. The first-order valence-electron chi connectivity index (χ1n) is 7.77. The topological polar surface area (TPSA) is 45.7 Å². The van der Waals surface area contributed by atoms with Crippen molar-refractivity contribution in [3.63, 3.8) is 0 Å². The lowest BCUT2D eigenvalue weighted by Crippen LogP contribution is -2.39. The quantitative estimate of drug-likeness (QED) is 0.302. The molecular weight excluding hydrogens is 365 g/mol. The van der Waals surface area contributed by atoms with Gasteiger partial charge in [-0.2, -0.15) is 0 Å². The fourth-order valence-electron chi connectivity index (χ4n) is 3.75. The number of nitrogens with zero attached hydrogens (tertiary/aromatic N) is 1. The van der Waals surface area contributed by atoms with Gasteiger partial charge in [0.2, 0.25) is 0 Å². The number of guanidine groups is 1. The van der Waals surface area contributed by atoms with Gasteiger partial charge in [0, 0.05) is 33.9 Å². The maximum Gasteiger partial charge on any atom is 0.190 e. The van der Waals surface area contributed by atoms with Gasteiger partial charge in [-0.1, -0.05) is 6.42 Å². The van der Waals surface area contributed by atoms with Crippen molar-refractivity contribution < 1.29 is 4.74 Å². The first kappa shape index (κ1) is 18.0. The molecule has 0 amide bonds. The second kappa shape index (κ2) is 9.82. The van der Waals surface area contributed by atoms with E-state index < -0.39 is 0 Å². The van der Waals surface area contributed by atoms with Gasteiger partial charge in [-0.15, -0.1) is 24.0 Å². The van der Waals surface area contributed by atoms with E-state index in [-0.39, 0.29) is 24.0 Å². The van der Waals surface area contributed by atoms with Gasteiger partial charge in [0.1, 0.15) is 0 Å². The highest BCUT2D eigenvalue weighted by Gasteiger charge is 2.38. The van der Waals surface area contributed by atoms with Crippen LogP contribution < -0.4 is 10.6 Å². The van der Waals surface area contributed by atoms with Crippen molar-refractivity contribution in [3.05, 3.63) is 0 Å². The molecule has 2 fully saturated rings. The predicted molar refractivity (Wildman–Crippen MR) is 94.8 cm³/mol. The molecule has 4 nitrogen and oxygen atoms in total. The monoisotopic (exact) mass is 395 g/mol. The molecule has 2 bridgehead atoms. The van der Waals surface area contributed by atoms with Crippen LogP contribution in [0, 0.1) is 17.8 Å². The van der Waals surface area contributed by atoms with Crippen molar-refractivity contribution in [2.75, 3.05) is 33.9 Å². The summed E-state index contributed by atoms with van der Waals surface area (Å²) in [5.74, 6) is 3.99. The Balaban J connectivity index is 0.00000200. The zero-order chi connectivity index (χ0) is 13.5. The van der Waals surface area contributed by atoms with E-state index in [4.69, 9.17) is 4.74 Å². The van der Waals surface area contributed by atoms with E-state index in [2.05, 4.69) is 15.6 Å². The predicted octanol–water partition coefficient (Wildman–Crippen LogP) is 2.63. The maximum absolute atomic E-state index is 5.03. The van der Waals surface area contributed by atoms with Crippen molar-refractivity contribution in [1.82, 2.24) is 10.6 Å². The third-order valence-corrected chi connectivity index (χ3v) is 4.73. The van der Waals surface area contributed by atoms with Gasteiger partial charge in [0.05, 0.1) is 0 Å². The van der Waals surface area contributed by atoms with Crippen molar-refractivity contribution in [3.8, 4) is 0 Å². The zero-order valence-electron chi connectivity index (χ0n) is 12.9. The van der Waals surface area contributed by atoms with Gasteiger partial charge in [0.25, 0.3) is 0 Å². The van der Waals surface area contributed by atoms with Gasteiger partial charge in [-0.3, -0.25) is 4.99 Å². The molecule has 2 rings (SSSR count). The summed E-state index contributed by atoms with van der Waals surface area (Å²) in [6.07, 6.45) is 8.29. The van der Waals surface area contributed by atoms with Crippen LogP contribution in [0.25, 0.3) is 0 Å². The van der Waals surface area contributed by atoms with Gasteiger partial charge in [-0.25, -0.2) is 0 Å². The molecule has 118 valence electrons. The average Bonchev–Trinajstić information content (AvgIpc) is 3.04. The highest BCUT2D eigenvalue weighted by Crippen LogP contribution is 2.49. The zero-order valence-corrected chi connectivity index (χ0v) is 15.2. The Morgan fingerprint density at radius 3 is 2.60 bits per heavy atom. The first-order chi connectivity index (χ1) is 9.33. The summed E-state index contributed by atoms with van der Waals surface area (Å²) < 4.78 is 5.03. The van der Waals surface area contributed by atoms with E-state index in [1.807, 2.05) is 7.05 Å². The third-order valence-electron chi connectivity index (χ3n) is 4.73. The van der Waals surface area contributed by atoms with Crippen LogP contribution in [-0.4, -0.2) is 39.8 Å². The van der Waals surface area contributed by atoms with E-state index in [1.165, 1.54) is 32.1 Å². The Morgan fingerprint density at radius 2 is 2.00 bits per heavy atom. The minimum Gasteiger partial charge on any atom is -0.385 e. The highest BCUT2D eigenvalue weighted by molar-refractivity contribution is 14.0. The molecule has 0 saturated heterocycles.